The second-order valence-corrected chi connectivity index (χ2v) is 10.5. The normalized spacial score (nSPS) is 30.0. The lowest BCUT2D eigenvalue weighted by Gasteiger charge is -2.57. The number of phenolic OH excluding ortho intramolecular Hbond substituents is 1. The predicted octanol–water partition coefficient (Wildman–Crippen LogP) is 3.21. The lowest BCUT2D eigenvalue weighted by molar-refractivity contribution is -0.136. The van der Waals surface area contributed by atoms with Crippen molar-refractivity contribution in [2.24, 2.45) is 5.92 Å². The standard InChI is InChI=1S/C27H35N3O4/c1-18-5-8-21(31)16-22(18)26-9-13-29(25(33)24-23(32)4-3-12-28-24)15-11-27(26,34)19(2)30(14-10-26)17-20-6-7-20/h3-5,8,12,16,19-20,31-32,34H,6-7,9-11,13-15,17H2,1-2H3. The minimum atomic E-state index is -1.07. The van der Waals surface area contributed by atoms with Gasteiger partial charge in [0, 0.05) is 37.3 Å². The van der Waals surface area contributed by atoms with Crippen LogP contribution in [0.2, 0.25) is 0 Å². The van der Waals surface area contributed by atoms with E-state index in [0.29, 0.717) is 25.9 Å². The Balaban J connectivity index is 1.54. The first-order chi connectivity index (χ1) is 16.2. The average molecular weight is 466 g/mol. The molecule has 1 aliphatic carbocycles. The van der Waals surface area contributed by atoms with Crippen LogP contribution in [0, 0.1) is 12.8 Å². The number of pyridine rings is 1. The van der Waals surface area contributed by atoms with Gasteiger partial charge in [0.2, 0.25) is 0 Å². The minimum Gasteiger partial charge on any atom is -0.508 e. The first-order valence-corrected chi connectivity index (χ1v) is 12.4. The van der Waals surface area contributed by atoms with E-state index in [4.69, 9.17) is 0 Å². The van der Waals surface area contributed by atoms with Crippen LogP contribution in [0.15, 0.2) is 36.5 Å². The molecule has 2 aliphatic heterocycles. The van der Waals surface area contributed by atoms with Gasteiger partial charge in [-0.25, -0.2) is 4.98 Å². The summed E-state index contributed by atoms with van der Waals surface area (Å²) in [6.45, 7) is 6.86. The van der Waals surface area contributed by atoms with Gasteiger partial charge in [-0.15, -0.1) is 0 Å². The molecule has 2 saturated heterocycles. The third-order valence-corrected chi connectivity index (χ3v) is 8.67. The van der Waals surface area contributed by atoms with Crippen molar-refractivity contribution in [3.05, 3.63) is 53.3 Å². The number of piperidine rings is 1. The number of fused-ring (bicyclic) bond motifs is 1. The van der Waals surface area contributed by atoms with Crippen molar-refractivity contribution in [1.29, 1.82) is 0 Å². The van der Waals surface area contributed by atoms with Crippen molar-refractivity contribution >= 4 is 5.91 Å². The second kappa shape index (κ2) is 8.54. The highest BCUT2D eigenvalue weighted by atomic mass is 16.3. The van der Waals surface area contributed by atoms with Gasteiger partial charge in [-0.1, -0.05) is 6.07 Å². The molecule has 5 rings (SSSR count). The van der Waals surface area contributed by atoms with Gasteiger partial charge in [0.05, 0.1) is 5.60 Å². The Bertz CT molecular complexity index is 1090. The van der Waals surface area contributed by atoms with Crippen LogP contribution in [0.3, 0.4) is 0 Å². The highest BCUT2D eigenvalue weighted by molar-refractivity contribution is 5.94. The van der Waals surface area contributed by atoms with Crippen molar-refractivity contribution < 1.29 is 20.1 Å². The summed E-state index contributed by atoms with van der Waals surface area (Å²) in [6.07, 6.45) is 5.79. The zero-order chi connectivity index (χ0) is 24.1. The number of aliphatic hydroxyl groups is 1. The highest BCUT2D eigenvalue weighted by Gasteiger charge is 2.60. The molecule has 3 heterocycles. The summed E-state index contributed by atoms with van der Waals surface area (Å²) in [5.41, 5.74) is 0.408. The molecular weight excluding hydrogens is 430 g/mol. The van der Waals surface area contributed by atoms with Crippen LogP contribution < -0.4 is 0 Å². The molecule has 2 aromatic rings. The maximum atomic E-state index is 13.3. The SMILES string of the molecule is Cc1ccc(O)cc1C12CCN(C(=O)c3ncccc3O)CCC1(O)C(C)N(CC1CC1)CC2. The summed E-state index contributed by atoms with van der Waals surface area (Å²) in [5.74, 6) is 0.471. The molecule has 1 aromatic heterocycles. The summed E-state index contributed by atoms with van der Waals surface area (Å²) in [6, 6.07) is 8.41. The molecule has 0 spiro atoms. The number of phenols is 1. The van der Waals surface area contributed by atoms with Crippen LogP contribution in [-0.2, 0) is 5.41 Å². The van der Waals surface area contributed by atoms with Gasteiger partial charge in [0.1, 0.15) is 11.5 Å². The Morgan fingerprint density at radius 2 is 1.85 bits per heavy atom. The van der Waals surface area contributed by atoms with Gasteiger partial charge in [-0.05, 0) is 93.8 Å². The van der Waals surface area contributed by atoms with E-state index in [9.17, 15) is 20.1 Å². The molecule has 182 valence electrons. The Morgan fingerprint density at radius 3 is 2.59 bits per heavy atom. The third kappa shape index (κ3) is 3.75. The predicted molar refractivity (Wildman–Crippen MR) is 129 cm³/mol. The number of hydrogen-bond donors (Lipinski definition) is 3. The van der Waals surface area contributed by atoms with Crippen LogP contribution in [0.25, 0.3) is 0 Å². The van der Waals surface area contributed by atoms with Gasteiger partial charge in [-0.2, -0.15) is 0 Å². The molecule has 3 N–H and O–H groups in total. The molecule has 0 bridgehead atoms. The molecule has 3 fully saturated rings. The zero-order valence-electron chi connectivity index (χ0n) is 20.1. The molecule has 3 atom stereocenters. The molecule has 34 heavy (non-hydrogen) atoms. The highest BCUT2D eigenvalue weighted by Crippen LogP contribution is 2.53. The van der Waals surface area contributed by atoms with Gasteiger partial charge in [0.25, 0.3) is 5.91 Å². The van der Waals surface area contributed by atoms with Crippen LogP contribution in [0.5, 0.6) is 11.5 Å². The minimum absolute atomic E-state index is 0.0466. The number of rotatable bonds is 4. The number of aromatic nitrogens is 1. The quantitative estimate of drug-likeness (QED) is 0.642. The number of aromatic hydroxyl groups is 2. The monoisotopic (exact) mass is 465 g/mol. The summed E-state index contributed by atoms with van der Waals surface area (Å²) < 4.78 is 0. The summed E-state index contributed by atoms with van der Waals surface area (Å²) in [4.78, 5) is 21.6. The number of hydrogen-bond acceptors (Lipinski definition) is 6. The van der Waals surface area contributed by atoms with E-state index in [1.807, 2.05) is 19.1 Å². The molecule has 3 aliphatic rings. The molecule has 7 nitrogen and oxygen atoms in total. The van der Waals surface area contributed by atoms with Crippen molar-refractivity contribution in [3.8, 4) is 11.5 Å². The summed E-state index contributed by atoms with van der Waals surface area (Å²) >= 11 is 0. The van der Waals surface area contributed by atoms with Crippen LogP contribution in [-0.4, -0.2) is 73.8 Å². The van der Waals surface area contributed by atoms with Crippen molar-refractivity contribution in [3.63, 3.8) is 0 Å². The first kappa shape index (κ1) is 23.1. The largest absolute Gasteiger partial charge is 0.508 e. The molecule has 7 heteroatoms. The van der Waals surface area contributed by atoms with E-state index >= 15 is 0 Å². The average Bonchev–Trinajstić information content (AvgIpc) is 3.65. The molecule has 1 aromatic carbocycles. The van der Waals surface area contributed by atoms with Crippen LogP contribution in [0.1, 0.15) is 60.6 Å². The fraction of sp³-hybridized carbons (Fsp3) is 0.556. The van der Waals surface area contributed by atoms with Gasteiger partial charge in [-0.3, -0.25) is 9.69 Å². The number of amides is 1. The van der Waals surface area contributed by atoms with Crippen molar-refractivity contribution in [2.45, 2.75) is 63.0 Å². The molecule has 0 radical (unpaired) electrons. The number of nitrogens with zero attached hydrogens (tertiary/aromatic N) is 3. The maximum Gasteiger partial charge on any atom is 0.276 e. The van der Waals surface area contributed by atoms with Crippen LogP contribution in [0.4, 0.5) is 0 Å². The fourth-order valence-electron chi connectivity index (χ4n) is 6.40. The molecule has 3 unspecified atom stereocenters. The number of benzene rings is 1. The smallest absolute Gasteiger partial charge is 0.276 e. The number of carbonyl (C=O) groups excluding carboxylic acids is 1. The Morgan fingerprint density at radius 1 is 1.12 bits per heavy atom. The first-order valence-electron chi connectivity index (χ1n) is 12.4. The van der Waals surface area contributed by atoms with E-state index in [-0.39, 0.29) is 29.1 Å². The van der Waals surface area contributed by atoms with E-state index in [2.05, 4.69) is 16.8 Å². The summed E-state index contributed by atoms with van der Waals surface area (Å²) in [7, 11) is 0. The van der Waals surface area contributed by atoms with Crippen LogP contribution >= 0.6 is 0 Å². The van der Waals surface area contributed by atoms with Crippen molar-refractivity contribution in [2.75, 3.05) is 26.2 Å². The van der Waals surface area contributed by atoms with Gasteiger partial charge in [0.15, 0.2) is 5.69 Å². The Hall–Kier alpha value is -2.64. The van der Waals surface area contributed by atoms with Gasteiger partial charge >= 0.3 is 0 Å². The lowest BCUT2D eigenvalue weighted by Crippen LogP contribution is -2.68. The van der Waals surface area contributed by atoms with E-state index in [1.54, 1.807) is 17.0 Å². The Labute approximate surface area is 201 Å². The van der Waals surface area contributed by atoms with E-state index in [1.165, 1.54) is 25.1 Å². The fourth-order valence-corrected chi connectivity index (χ4v) is 6.40. The number of aryl methyl sites for hydroxylation is 1. The Kier molecular flexibility index (Phi) is 5.81. The summed E-state index contributed by atoms with van der Waals surface area (Å²) in [5, 5.41) is 33.1. The number of likely N-dealkylation sites (tertiary alicyclic amines) is 2. The third-order valence-electron chi connectivity index (χ3n) is 8.67. The van der Waals surface area contributed by atoms with E-state index in [0.717, 1.165) is 36.6 Å². The lowest BCUT2D eigenvalue weighted by atomic mass is 9.57. The molecule has 1 saturated carbocycles. The zero-order valence-corrected chi connectivity index (χ0v) is 20.1. The maximum absolute atomic E-state index is 13.3. The molecule has 1 amide bonds. The topological polar surface area (TPSA) is 97.1 Å². The van der Waals surface area contributed by atoms with Crippen molar-refractivity contribution in [1.82, 2.24) is 14.8 Å². The van der Waals surface area contributed by atoms with Gasteiger partial charge < -0.3 is 20.2 Å². The number of carbonyl (C=O) groups is 1. The second-order valence-electron chi connectivity index (χ2n) is 10.5. The molecular formula is C27H35N3O4. The van der Waals surface area contributed by atoms with E-state index < -0.39 is 11.0 Å².